The fourth-order valence-corrected chi connectivity index (χ4v) is 3.59. The minimum absolute atomic E-state index is 0.0788. The molecule has 0 aliphatic carbocycles. The number of carbonyl (C=O) groups is 1. The summed E-state index contributed by atoms with van der Waals surface area (Å²) in [6.45, 7) is 4.23. The summed E-state index contributed by atoms with van der Waals surface area (Å²) in [7, 11) is 1.55. The Morgan fingerprint density at radius 1 is 1.21 bits per heavy atom. The van der Waals surface area contributed by atoms with Crippen molar-refractivity contribution in [1.29, 1.82) is 0 Å². The van der Waals surface area contributed by atoms with Gasteiger partial charge in [0.2, 0.25) is 0 Å². The maximum absolute atomic E-state index is 11.4. The fourth-order valence-electron chi connectivity index (χ4n) is 2.70. The predicted molar refractivity (Wildman–Crippen MR) is 115 cm³/mol. The van der Waals surface area contributed by atoms with Gasteiger partial charge in [0.15, 0.2) is 10.8 Å². The third-order valence-corrected chi connectivity index (χ3v) is 5.00. The van der Waals surface area contributed by atoms with Crippen molar-refractivity contribution in [3.63, 3.8) is 0 Å². The molecule has 0 saturated heterocycles. The smallest absolute Gasteiger partial charge is 0.358 e. The first-order valence-electron chi connectivity index (χ1n) is 8.72. The highest BCUT2D eigenvalue weighted by molar-refractivity contribution is 7.99. The molecule has 1 aromatic carbocycles. The number of nitrogens with zero attached hydrogens (tertiary/aromatic N) is 3. The van der Waals surface area contributed by atoms with Gasteiger partial charge in [0.25, 0.3) is 0 Å². The number of hydrogen-bond donors (Lipinski definition) is 2. The number of aromatic nitrogens is 3. The lowest BCUT2D eigenvalue weighted by Crippen LogP contribution is -2.08. The van der Waals surface area contributed by atoms with Crippen LogP contribution in [-0.4, -0.2) is 38.6 Å². The average Bonchev–Trinajstić information content (AvgIpc) is 2.68. The van der Waals surface area contributed by atoms with Crippen LogP contribution in [0.4, 0.5) is 11.4 Å². The quantitative estimate of drug-likeness (QED) is 0.497. The second kappa shape index (κ2) is 9.11. The minimum atomic E-state index is -1.21. The monoisotopic (exact) mass is 430 g/mol. The summed E-state index contributed by atoms with van der Waals surface area (Å²) >= 11 is 7.58. The number of methoxy groups -OCH3 is 1. The Labute approximate surface area is 177 Å². The van der Waals surface area contributed by atoms with Crippen LogP contribution in [0, 0.1) is 0 Å². The number of anilines is 2. The summed E-state index contributed by atoms with van der Waals surface area (Å²) in [6.07, 6.45) is 1.79. The van der Waals surface area contributed by atoms with Crippen LogP contribution in [0.5, 0.6) is 5.75 Å². The number of carboxylic acids is 1. The van der Waals surface area contributed by atoms with Gasteiger partial charge in [0.1, 0.15) is 5.75 Å². The van der Waals surface area contributed by atoms with Crippen LogP contribution in [0.25, 0.3) is 11.1 Å². The number of hydrogen-bond acceptors (Lipinski definition) is 7. The van der Waals surface area contributed by atoms with Gasteiger partial charge in [-0.2, -0.15) is 0 Å². The van der Waals surface area contributed by atoms with E-state index in [2.05, 4.69) is 34.3 Å². The van der Waals surface area contributed by atoms with Crippen molar-refractivity contribution < 1.29 is 14.6 Å². The average molecular weight is 431 g/mol. The first-order valence-corrected chi connectivity index (χ1v) is 9.98. The Balaban J connectivity index is 1.99. The topological polar surface area (TPSA) is 97.2 Å². The molecule has 3 aromatic rings. The van der Waals surface area contributed by atoms with E-state index in [0.717, 1.165) is 16.2 Å². The summed E-state index contributed by atoms with van der Waals surface area (Å²) in [5.74, 6) is -0.669. The van der Waals surface area contributed by atoms with Crippen molar-refractivity contribution in [2.24, 2.45) is 0 Å². The highest BCUT2D eigenvalue weighted by atomic mass is 35.5. The molecule has 9 heteroatoms. The second-order valence-electron chi connectivity index (χ2n) is 6.30. The number of nitrogens with one attached hydrogen (secondary N) is 1. The maximum Gasteiger partial charge on any atom is 0.358 e. The molecule has 0 atom stereocenters. The molecule has 3 rings (SSSR count). The summed E-state index contributed by atoms with van der Waals surface area (Å²) in [4.78, 5) is 16.0. The third kappa shape index (κ3) is 4.96. The Hall–Kier alpha value is -2.84. The van der Waals surface area contributed by atoms with E-state index in [-0.39, 0.29) is 16.5 Å². The zero-order valence-corrected chi connectivity index (χ0v) is 17.6. The van der Waals surface area contributed by atoms with Crippen LogP contribution >= 0.6 is 23.4 Å². The Morgan fingerprint density at radius 3 is 2.62 bits per heavy atom. The van der Waals surface area contributed by atoms with Crippen LogP contribution in [0.15, 0.2) is 47.6 Å². The largest absolute Gasteiger partial charge is 0.494 e. The van der Waals surface area contributed by atoms with Crippen molar-refractivity contribution in [3.05, 3.63) is 53.4 Å². The number of aromatic carboxylic acids is 1. The number of carboxylic acid groups (broad SMARTS) is 1. The zero-order valence-electron chi connectivity index (χ0n) is 16.0. The molecule has 150 valence electrons. The van der Waals surface area contributed by atoms with E-state index < -0.39 is 5.97 Å². The lowest BCUT2D eigenvalue weighted by atomic mass is 10.1. The lowest BCUT2D eigenvalue weighted by molar-refractivity contribution is 0.0690. The van der Waals surface area contributed by atoms with E-state index in [1.54, 1.807) is 31.1 Å². The second-order valence-corrected chi connectivity index (χ2v) is 8.28. The van der Waals surface area contributed by atoms with Gasteiger partial charge in [0, 0.05) is 28.6 Å². The predicted octanol–water partition coefficient (Wildman–Crippen LogP) is 5.14. The van der Waals surface area contributed by atoms with Crippen molar-refractivity contribution >= 4 is 40.7 Å². The van der Waals surface area contributed by atoms with Gasteiger partial charge < -0.3 is 15.2 Å². The molecule has 0 saturated carbocycles. The van der Waals surface area contributed by atoms with E-state index in [0.29, 0.717) is 16.7 Å². The molecule has 7 nitrogen and oxygen atoms in total. The molecule has 2 N–H and O–H groups in total. The summed E-state index contributed by atoms with van der Waals surface area (Å²) < 4.78 is 5.62. The molecule has 0 amide bonds. The van der Waals surface area contributed by atoms with E-state index in [4.69, 9.17) is 16.3 Å². The van der Waals surface area contributed by atoms with Gasteiger partial charge in [-0.25, -0.2) is 9.78 Å². The summed E-state index contributed by atoms with van der Waals surface area (Å²) in [6, 6.07) is 10.9. The van der Waals surface area contributed by atoms with Gasteiger partial charge in [0.05, 0.1) is 23.5 Å². The molecule has 0 aliphatic rings. The number of halogens is 1. The number of ether oxygens (including phenoxy) is 1. The molecule has 0 radical (unpaired) electrons. The minimum Gasteiger partial charge on any atom is -0.494 e. The third-order valence-electron chi connectivity index (χ3n) is 3.86. The molecule has 29 heavy (non-hydrogen) atoms. The van der Waals surface area contributed by atoms with E-state index >= 15 is 0 Å². The molecule has 0 aliphatic heterocycles. The zero-order chi connectivity index (χ0) is 21.0. The van der Waals surface area contributed by atoms with E-state index in [1.165, 1.54) is 6.07 Å². The lowest BCUT2D eigenvalue weighted by Gasteiger charge is -2.16. The number of rotatable bonds is 7. The van der Waals surface area contributed by atoms with Gasteiger partial charge in [-0.3, -0.25) is 0 Å². The van der Waals surface area contributed by atoms with Gasteiger partial charge in [-0.1, -0.05) is 43.6 Å². The van der Waals surface area contributed by atoms with Crippen LogP contribution in [0.1, 0.15) is 24.3 Å². The molecular weight excluding hydrogens is 412 g/mol. The van der Waals surface area contributed by atoms with Gasteiger partial charge >= 0.3 is 5.97 Å². The normalized spacial score (nSPS) is 10.8. The molecule has 2 heterocycles. The summed E-state index contributed by atoms with van der Waals surface area (Å²) in [5.41, 5.74) is 2.24. The van der Waals surface area contributed by atoms with Crippen LogP contribution in [0.2, 0.25) is 5.15 Å². The maximum atomic E-state index is 11.4. The number of para-hydroxylation sites is 1. The van der Waals surface area contributed by atoms with Crippen LogP contribution < -0.4 is 10.1 Å². The highest BCUT2D eigenvalue weighted by Gasteiger charge is 2.17. The fraction of sp³-hybridized carbons (Fsp3) is 0.200. The van der Waals surface area contributed by atoms with E-state index in [1.807, 2.05) is 24.3 Å². The van der Waals surface area contributed by atoms with Crippen LogP contribution in [0.3, 0.4) is 0 Å². The molecule has 0 fully saturated rings. The number of pyridine rings is 1. The first kappa shape index (κ1) is 20.9. The van der Waals surface area contributed by atoms with Crippen molar-refractivity contribution in [1.82, 2.24) is 15.2 Å². The molecule has 2 aromatic heterocycles. The number of thioether (sulfide) groups is 1. The summed E-state index contributed by atoms with van der Waals surface area (Å²) in [5, 5.41) is 21.1. The van der Waals surface area contributed by atoms with Crippen molar-refractivity contribution in [2.75, 3.05) is 12.4 Å². The molecule has 0 unspecified atom stereocenters. The Kier molecular flexibility index (Phi) is 6.56. The molecule has 0 spiro atoms. The van der Waals surface area contributed by atoms with Crippen molar-refractivity contribution in [2.45, 2.75) is 24.1 Å². The van der Waals surface area contributed by atoms with Crippen molar-refractivity contribution in [3.8, 4) is 16.9 Å². The number of benzene rings is 1. The van der Waals surface area contributed by atoms with Gasteiger partial charge in [-0.15, -0.1) is 22.0 Å². The highest BCUT2D eigenvalue weighted by Crippen LogP contribution is 2.38. The SMILES string of the molecule is COc1c(Nc2cc(Cl)nnc2C(=O)O)cccc1-c1ccc(SC(C)C)nc1. The Bertz CT molecular complexity index is 1030. The van der Waals surface area contributed by atoms with E-state index in [9.17, 15) is 9.90 Å². The van der Waals surface area contributed by atoms with Gasteiger partial charge in [-0.05, 0) is 12.1 Å². The first-order chi connectivity index (χ1) is 13.9. The molecule has 0 bridgehead atoms. The standard InChI is InChI=1S/C20H19ClN4O3S/c1-11(2)29-17-8-7-12(10-22-17)13-5-4-6-14(19(13)28-3)23-15-9-16(21)24-25-18(15)20(26)27/h4-11H,1-3H3,(H,23,24)(H,26,27). The Morgan fingerprint density at radius 2 is 2.00 bits per heavy atom. The molecular formula is C20H19ClN4O3S. The van der Waals surface area contributed by atoms with Crippen LogP contribution in [-0.2, 0) is 0 Å².